The van der Waals surface area contributed by atoms with E-state index in [1.54, 1.807) is 11.0 Å². The number of hydrogen-bond acceptors (Lipinski definition) is 6. The highest BCUT2D eigenvalue weighted by molar-refractivity contribution is 7.89. The summed E-state index contributed by atoms with van der Waals surface area (Å²) in [6, 6.07) is 1.23. The Balaban J connectivity index is 1.53. The minimum absolute atomic E-state index is 0.111. The first kappa shape index (κ1) is 18.4. The Bertz CT molecular complexity index is 659. The Morgan fingerprint density at radius 1 is 1.28 bits per heavy atom. The van der Waals surface area contributed by atoms with E-state index < -0.39 is 16.1 Å². The fourth-order valence-corrected chi connectivity index (χ4v) is 4.47. The molecule has 8 nitrogen and oxygen atoms in total. The smallest absolute Gasteiger partial charge is 0.257 e. The topological polar surface area (TPSA) is 98.1 Å². The molecular formula is C16H24N2O6S. The highest BCUT2D eigenvalue weighted by atomic mass is 32.2. The molecule has 0 bridgehead atoms. The van der Waals surface area contributed by atoms with Crippen molar-refractivity contribution in [2.45, 2.75) is 38.0 Å². The first-order chi connectivity index (χ1) is 12.0. The minimum atomic E-state index is -3.32. The number of rotatable bonds is 6. The third-order valence-electron chi connectivity index (χ3n) is 4.41. The van der Waals surface area contributed by atoms with E-state index in [0.29, 0.717) is 25.1 Å². The number of amides is 1. The van der Waals surface area contributed by atoms with Crippen LogP contribution in [0.3, 0.4) is 0 Å². The predicted molar refractivity (Wildman–Crippen MR) is 89.7 cm³/mol. The van der Waals surface area contributed by atoms with Crippen LogP contribution in [0.25, 0.3) is 0 Å². The summed E-state index contributed by atoms with van der Waals surface area (Å²) in [5.41, 5.74) is 0.498. The number of unbranched alkanes of at least 4 members (excludes halogenated alkanes) is 1. The lowest BCUT2D eigenvalue weighted by molar-refractivity contribution is -0.00461. The Hall–Kier alpha value is -1.42. The maximum atomic E-state index is 12.4. The number of fused-ring (bicyclic) bond motifs is 1. The number of sulfonamides is 1. The second kappa shape index (κ2) is 7.86. The monoisotopic (exact) mass is 372 g/mol. The molecule has 1 aromatic heterocycles. The molecule has 3 rings (SSSR count). The summed E-state index contributed by atoms with van der Waals surface area (Å²) in [4.78, 5) is 14.0. The van der Waals surface area contributed by atoms with E-state index in [4.69, 9.17) is 13.9 Å². The molecule has 0 unspecified atom stereocenters. The summed E-state index contributed by atoms with van der Waals surface area (Å²) >= 11 is 0. The van der Waals surface area contributed by atoms with Gasteiger partial charge in [-0.2, -0.15) is 0 Å². The lowest BCUT2D eigenvalue weighted by Crippen LogP contribution is -2.42. The number of furan rings is 1. The maximum Gasteiger partial charge on any atom is 0.257 e. The molecule has 0 saturated carbocycles. The van der Waals surface area contributed by atoms with Gasteiger partial charge in [0.15, 0.2) is 0 Å². The SMILES string of the molecule is CCCCS(=O)(=O)NC1CO[C@H]2CN(C(=O)c3ccoc3)C[C@@H]2OC1. The zero-order chi connectivity index (χ0) is 17.9. The van der Waals surface area contributed by atoms with E-state index in [0.717, 1.165) is 6.42 Å². The van der Waals surface area contributed by atoms with E-state index in [-0.39, 0.29) is 37.1 Å². The van der Waals surface area contributed by atoms with Gasteiger partial charge < -0.3 is 18.8 Å². The van der Waals surface area contributed by atoms with Gasteiger partial charge in [0.2, 0.25) is 10.0 Å². The van der Waals surface area contributed by atoms with Gasteiger partial charge >= 0.3 is 0 Å². The molecule has 2 aliphatic rings. The Labute approximate surface area is 147 Å². The van der Waals surface area contributed by atoms with Gasteiger partial charge in [0.05, 0.1) is 36.8 Å². The summed E-state index contributed by atoms with van der Waals surface area (Å²) in [6.07, 6.45) is 3.83. The number of ether oxygens (including phenoxy) is 2. The van der Waals surface area contributed by atoms with Gasteiger partial charge in [-0.15, -0.1) is 0 Å². The summed E-state index contributed by atoms with van der Waals surface area (Å²) in [5, 5.41) is 0. The molecule has 2 saturated heterocycles. The zero-order valence-electron chi connectivity index (χ0n) is 14.2. The van der Waals surface area contributed by atoms with Crippen LogP contribution < -0.4 is 4.72 Å². The van der Waals surface area contributed by atoms with Gasteiger partial charge in [-0.25, -0.2) is 13.1 Å². The Morgan fingerprint density at radius 2 is 1.96 bits per heavy atom. The van der Waals surface area contributed by atoms with Crippen molar-refractivity contribution in [2.24, 2.45) is 0 Å². The molecule has 0 radical (unpaired) electrons. The normalized spacial score (nSPS) is 24.9. The van der Waals surface area contributed by atoms with Crippen LogP contribution in [0.5, 0.6) is 0 Å². The molecule has 2 aliphatic heterocycles. The van der Waals surface area contributed by atoms with Crippen molar-refractivity contribution in [1.29, 1.82) is 0 Å². The van der Waals surface area contributed by atoms with Crippen LogP contribution in [0.15, 0.2) is 23.0 Å². The molecule has 140 valence electrons. The molecule has 25 heavy (non-hydrogen) atoms. The number of hydrogen-bond donors (Lipinski definition) is 1. The van der Waals surface area contributed by atoms with Crippen LogP contribution in [0.2, 0.25) is 0 Å². The van der Waals surface area contributed by atoms with Crippen molar-refractivity contribution < 1.29 is 27.1 Å². The second-order valence-corrected chi connectivity index (χ2v) is 8.33. The van der Waals surface area contributed by atoms with E-state index >= 15 is 0 Å². The van der Waals surface area contributed by atoms with E-state index in [1.807, 2.05) is 6.92 Å². The lowest BCUT2D eigenvalue weighted by Gasteiger charge is -2.19. The quantitative estimate of drug-likeness (QED) is 0.786. The van der Waals surface area contributed by atoms with E-state index in [2.05, 4.69) is 4.72 Å². The minimum Gasteiger partial charge on any atom is -0.472 e. The van der Waals surface area contributed by atoms with Crippen molar-refractivity contribution in [2.75, 3.05) is 32.1 Å². The van der Waals surface area contributed by atoms with E-state index in [9.17, 15) is 13.2 Å². The average Bonchev–Trinajstić information content (AvgIpc) is 3.22. The highest BCUT2D eigenvalue weighted by Crippen LogP contribution is 2.22. The number of likely N-dealkylation sites (tertiary alicyclic amines) is 1. The number of carbonyl (C=O) groups is 1. The third-order valence-corrected chi connectivity index (χ3v) is 5.93. The summed E-state index contributed by atoms with van der Waals surface area (Å²) in [5.74, 6) is -0.00864. The maximum absolute atomic E-state index is 12.4. The van der Waals surface area contributed by atoms with Gasteiger partial charge in [-0.1, -0.05) is 13.3 Å². The van der Waals surface area contributed by atoms with Gasteiger partial charge in [-0.05, 0) is 12.5 Å². The number of carbonyl (C=O) groups excluding carboxylic acids is 1. The lowest BCUT2D eigenvalue weighted by atomic mass is 10.3. The molecular weight excluding hydrogens is 348 g/mol. The summed E-state index contributed by atoms with van der Waals surface area (Å²) in [7, 11) is -3.32. The standard InChI is InChI=1S/C16H24N2O6S/c1-2-3-6-25(20,21)17-13-10-23-14-7-18(8-15(14)24-11-13)16(19)12-4-5-22-9-12/h4-5,9,13-15,17H,2-3,6-8,10-11H2,1H3/t14-,15-/m0/s1. The fourth-order valence-electron chi connectivity index (χ4n) is 3.04. The van der Waals surface area contributed by atoms with Crippen molar-refractivity contribution in [3.05, 3.63) is 24.2 Å². The molecule has 2 fully saturated rings. The molecule has 1 amide bonds. The summed E-state index contributed by atoms with van der Waals surface area (Å²) < 4.78 is 43.2. The van der Waals surface area contributed by atoms with Gasteiger partial charge in [-0.3, -0.25) is 4.79 Å². The van der Waals surface area contributed by atoms with Crippen LogP contribution in [0.1, 0.15) is 30.1 Å². The van der Waals surface area contributed by atoms with Crippen LogP contribution in [-0.2, 0) is 19.5 Å². The largest absolute Gasteiger partial charge is 0.472 e. The first-order valence-electron chi connectivity index (χ1n) is 8.53. The summed E-state index contributed by atoms with van der Waals surface area (Å²) in [6.45, 7) is 3.26. The molecule has 0 aromatic carbocycles. The Kier molecular flexibility index (Phi) is 5.78. The zero-order valence-corrected chi connectivity index (χ0v) is 15.0. The van der Waals surface area contributed by atoms with Gasteiger partial charge in [0.25, 0.3) is 5.91 Å². The third kappa shape index (κ3) is 4.60. The van der Waals surface area contributed by atoms with Crippen LogP contribution in [-0.4, -0.2) is 69.5 Å². The molecule has 0 aliphatic carbocycles. The predicted octanol–water partition coefficient (Wildman–Crippen LogP) is 0.608. The molecule has 3 heterocycles. The number of nitrogens with one attached hydrogen (secondary N) is 1. The highest BCUT2D eigenvalue weighted by Gasteiger charge is 2.40. The second-order valence-electron chi connectivity index (χ2n) is 6.45. The van der Waals surface area contributed by atoms with Crippen molar-refractivity contribution in [1.82, 2.24) is 9.62 Å². The molecule has 9 heteroatoms. The van der Waals surface area contributed by atoms with Crippen molar-refractivity contribution in [3.8, 4) is 0 Å². The van der Waals surface area contributed by atoms with Crippen molar-refractivity contribution in [3.63, 3.8) is 0 Å². The van der Waals surface area contributed by atoms with Gasteiger partial charge in [0.1, 0.15) is 18.5 Å². The first-order valence-corrected chi connectivity index (χ1v) is 10.2. The molecule has 1 aromatic rings. The molecule has 1 N–H and O–H groups in total. The van der Waals surface area contributed by atoms with Crippen LogP contribution in [0, 0.1) is 0 Å². The number of nitrogens with zero attached hydrogens (tertiary/aromatic N) is 1. The van der Waals surface area contributed by atoms with Crippen LogP contribution >= 0.6 is 0 Å². The Morgan fingerprint density at radius 3 is 2.52 bits per heavy atom. The van der Waals surface area contributed by atoms with Crippen molar-refractivity contribution >= 4 is 15.9 Å². The van der Waals surface area contributed by atoms with Gasteiger partial charge in [0, 0.05) is 13.1 Å². The molecule has 2 atom stereocenters. The van der Waals surface area contributed by atoms with Crippen LogP contribution in [0.4, 0.5) is 0 Å². The fraction of sp³-hybridized carbons (Fsp3) is 0.688. The van der Waals surface area contributed by atoms with E-state index in [1.165, 1.54) is 12.5 Å². The molecule has 0 spiro atoms. The average molecular weight is 372 g/mol.